The van der Waals surface area contributed by atoms with Crippen LogP contribution in [-0.4, -0.2) is 25.2 Å². The summed E-state index contributed by atoms with van der Waals surface area (Å²) in [6, 6.07) is 3.12. The monoisotopic (exact) mass is 316 g/mol. The molecule has 2 atom stereocenters. The SMILES string of the molecule is COC1CC(NC(=O)c2cc(N)c(Cl)c(Cl)c2)C1(C)C. The number of nitrogens with one attached hydrogen (secondary N) is 1. The first-order valence-electron chi connectivity index (χ1n) is 6.35. The van der Waals surface area contributed by atoms with Gasteiger partial charge in [0.05, 0.1) is 21.8 Å². The Morgan fingerprint density at radius 3 is 2.60 bits per heavy atom. The molecule has 4 nitrogen and oxygen atoms in total. The average Bonchev–Trinajstić information content (AvgIpc) is 2.39. The van der Waals surface area contributed by atoms with Crippen molar-refractivity contribution in [2.75, 3.05) is 12.8 Å². The normalized spacial score (nSPS) is 24.1. The van der Waals surface area contributed by atoms with Gasteiger partial charge in [-0.15, -0.1) is 0 Å². The minimum absolute atomic E-state index is 0.0654. The second kappa shape index (κ2) is 5.43. The summed E-state index contributed by atoms with van der Waals surface area (Å²) in [4.78, 5) is 12.2. The van der Waals surface area contributed by atoms with E-state index in [1.165, 1.54) is 12.1 Å². The van der Waals surface area contributed by atoms with E-state index < -0.39 is 0 Å². The van der Waals surface area contributed by atoms with Crippen LogP contribution in [0.25, 0.3) is 0 Å². The summed E-state index contributed by atoms with van der Waals surface area (Å²) in [6.45, 7) is 4.14. The Labute approximate surface area is 128 Å². The lowest BCUT2D eigenvalue weighted by molar-refractivity contribution is -0.0942. The van der Waals surface area contributed by atoms with Gasteiger partial charge in [0.15, 0.2) is 0 Å². The molecular weight excluding hydrogens is 299 g/mol. The zero-order chi connectivity index (χ0) is 15.1. The first kappa shape index (κ1) is 15.4. The summed E-state index contributed by atoms with van der Waals surface area (Å²) < 4.78 is 5.36. The van der Waals surface area contributed by atoms with E-state index in [-0.39, 0.29) is 33.5 Å². The maximum absolute atomic E-state index is 12.2. The molecule has 1 amide bonds. The highest BCUT2D eigenvalue weighted by atomic mass is 35.5. The number of anilines is 1. The van der Waals surface area contributed by atoms with Crippen LogP contribution in [0.5, 0.6) is 0 Å². The fourth-order valence-corrected chi connectivity index (χ4v) is 2.85. The van der Waals surface area contributed by atoms with Crippen molar-refractivity contribution in [2.45, 2.75) is 32.4 Å². The molecule has 20 heavy (non-hydrogen) atoms. The zero-order valence-corrected chi connectivity index (χ0v) is 13.2. The van der Waals surface area contributed by atoms with E-state index in [9.17, 15) is 4.79 Å². The van der Waals surface area contributed by atoms with Crippen molar-refractivity contribution in [1.29, 1.82) is 0 Å². The Kier molecular flexibility index (Phi) is 4.19. The number of methoxy groups -OCH3 is 1. The average molecular weight is 317 g/mol. The fraction of sp³-hybridized carbons (Fsp3) is 0.500. The number of hydrogen-bond acceptors (Lipinski definition) is 3. The molecule has 0 saturated heterocycles. The van der Waals surface area contributed by atoms with Crippen LogP contribution in [0.1, 0.15) is 30.6 Å². The number of halogens is 2. The summed E-state index contributed by atoms with van der Waals surface area (Å²) in [5.41, 5.74) is 6.33. The van der Waals surface area contributed by atoms with Gasteiger partial charge in [-0.2, -0.15) is 0 Å². The van der Waals surface area contributed by atoms with Crippen LogP contribution in [-0.2, 0) is 4.74 Å². The first-order chi connectivity index (χ1) is 9.27. The molecule has 1 fully saturated rings. The molecule has 1 saturated carbocycles. The number of hydrogen-bond donors (Lipinski definition) is 2. The Bertz CT molecular complexity index is 523. The maximum atomic E-state index is 12.2. The molecule has 0 radical (unpaired) electrons. The van der Waals surface area contributed by atoms with Crippen LogP contribution in [0.2, 0.25) is 10.0 Å². The topological polar surface area (TPSA) is 64.3 Å². The molecule has 0 spiro atoms. The first-order valence-corrected chi connectivity index (χ1v) is 7.11. The van der Waals surface area contributed by atoms with Crippen LogP contribution in [0.4, 0.5) is 5.69 Å². The molecule has 2 rings (SSSR count). The summed E-state index contributed by atoms with van der Waals surface area (Å²) in [5, 5.41) is 3.53. The Balaban J connectivity index is 2.11. The van der Waals surface area contributed by atoms with Crippen molar-refractivity contribution in [3.05, 3.63) is 27.7 Å². The predicted octanol–water partition coefficient (Wildman–Crippen LogP) is 3.12. The van der Waals surface area contributed by atoms with E-state index >= 15 is 0 Å². The van der Waals surface area contributed by atoms with E-state index in [4.69, 9.17) is 33.7 Å². The molecule has 0 bridgehead atoms. The highest BCUT2D eigenvalue weighted by molar-refractivity contribution is 6.43. The Morgan fingerprint density at radius 1 is 1.45 bits per heavy atom. The third-order valence-electron chi connectivity index (χ3n) is 4.09. The Morgan fingerprint density at radius 2 is 2.10 bits per heavy atom. The third kappa shape index (κ3) is 2.60. The van der Waals surface area contributed by atoms with E-state index in [1.54, 1.807) is 7.11 Å². The highest BCUT2D eigenvalue weighted by Gasteiger charge is 2.49. The van der Waals surface area contributed by atoms with Gasteiger partial charge < -0.3 is 15.8 Å². The highest BCUT2D eigenvalue weighted by Crippen LogP contribution is 2.42. The van der Waals surface area contributed by atoms with E-state index in [0.29, 0.717) is 11.3 Å². The smallest absolute Gasteiger partial charge is 0.251 e. The number of nitrogens with two attached hydrogens (primary N) is 1. The summed E-state index contributed by atoms with van der Waals surface area (Å²) in [5.74, 6) is -0.206. The number of carbonyl (C=O) groups excluding carboxylic acids is 1. The number of nitrogen functional groups attached to an aromatic ring is 1. The lowest BCUT2D eigenvalue weighted by Crippen LogP contribution is -2.61. The van der Waals surface area contributed by atoms with Gasteiger partial charge in [0.2, 0.25) is 0 Å². The van der Waals surface area contributed by atoms with Crippen LogP contribution >= 0.6 is 23.2 Å². The second-order valence-corrected chi connectivity index (χ2v) is 6.45. The van der Waals surface area contributed by atoms with Gasteiger partial charge in [-0.05, 0) is 18.6 Å². The summed E-state index contributed by atoms with van der Waals surface area (Å²) >= 11 is 11.8. The number of amides is 1. The molecule has 3 N–H and O–H groups in total. The van der Waals surface area contributed by atoms with Crippen LogP contribution < -0.4 is 11.1 Å². The van der Waals surface area contributed by atoms with Gasteiger partial charge in [0, 0.05) is 24.1 Å². The number of rotatable bonds is 3. The lowest BCUT2D eigenvalue weighted by Gasteiger charge is -2.51. The van der Waals surface area contributed by atoms with Crippen LogP contribution in [0.3, 0.4) is 0 Å². The third-order valence-corrected chi connectivity index (χ3v) is 4.90. The van der Waals surface area contributed by atoms with Crippen molar-refractivity contribution in [3.8, 4) is 0 Å². The zero-order valence-electron chi connectivity index (χ0n) is 11.7. The molecular formula is C14H18Cl2N2O2. The minimum atomic E-state index is -0.206. The fourth-order valence-electron chi connectivity index (χ4n) is 2.51. The largest absolute Gasteiger partial charge is 0.397 e. The van der Waals surface area contributed by atoms with Gasteiger partial charge in [-0.3, -0.25) is 4.79 Å². The van der Waals surface area contributed by atoms with Gasteiger partial charge in [0.25, 0.3) is 5.91 Å². The standard InChI is InChI=1S/C14H18Cl2N2O2/c1-14(2)10(6-11(14)20-3)18-13(19)7-4-8(15)12(16)9(17)5-7/h4-5,10-11H,6,17H2,1-3H3,(H,18,19). The van der Waals surface area contributed by atoms with Crippen molar-refractivity contribution < 1.29 is 9.53 Å². The molecule has 0 aliphatic heterocycles. The lowest BCUT2D eigenvalue weighted by atomic mass is 9.64. The summed E-state index contributed by atoms with van der Waals surface area (Å²) in [6.07, 6.45) is 0.957. The van der Waals surface area contributed by atoms with Gasteiger partial charge in [-0.1, -0.05) is 37.0 Å². The predicted molar refractivity (Wildman–Crippen MR) is 81.3 cm³/mol. The molecule has 6 heteroatoms. The number of ether oxygens (including phenoxy) is 1. The molecule has 0 heterocycles. The van der Waals surface area contributed by atoms with Crippen molar-refractivity contribution >= 4 is 34.8 Å². The minimum Gasteiger partial charge on any atom is -0.397 e. The van der Waals surface area contributed by atoms with Gasteiger partial charge in [-0.25, -0.2) is 0 Å². The number of carbonyl (C=O) groups is 1. The summed E-state index contributed by atoms with van der Waals surface area (Å²) in [7, 11) is 1.68. The van der Waals surface area contributed by atoms with Crippen molar-refractivity contribution in [1.82, 2.24) is 5.32 Å². The van der Waals surface area contributed by atoms with Crippen molar-refractivity contribution in [3.63, 3.8) is 0 Å². The molecule has 110 valence electrons. The van der Waals surface area contributed by atoms with Gasteiger partial charge in [0.1, 0.15) is 0 Å². The molecule has 0 aromatic heterocycles. The van der Waals surface area contributed by atoms with E-state index in [1.807, 2.05) is 0 Å². The molecule has 1 aliphatic rings. The molecule has 1 aromatic carbocycles. The number of benzene rings is 1. The Hall–Kier alpha value is -0.970. The molecule has 1 aliphatic carbocycles. The molecule has 1 aromatic rings. The van der Waals surface area contributed by atoms with E-state index in [2.05, 4.69) is 19.2 Å². The van der Waals surface area contributed by atoms with Crippen molar-refractivity contribution in [2.24, 2.45) is 5.41 Å². The quantitative estimate of drug-likeness (QED) is 0.842. The van der Waals surface area contributed by atoms with E-state index in [0.717, 1.165) is 6.42 Å². The molecule has 2 unspecified atom stereocenters. The maximum Gasteiger partial charge on any atom is 0.251 e. The van der Waals surface area contributed by atoms with Gasteiger partial charge >= 0.3 is 0 Å². The second-order valence-electron chi connectivity index (χ2n) is 5.67. The van der Waals surface area contributed by atoms with Crippen LogP contribution in [0.15, 0.2) is 12.1 Å². The van der Waals surface area contributed by atoms with Crippen LogP contribution in [0, 0.1) is 5.41 Å².